The molecule has 0 spiro atoms. The van der Waals surface area contributed by atoms with E-state index < -0.39 is 6.10 Å². The van der Waals surface area contributed by atoms with E-state index in [2.05, 4.69) is 11.8 Å². The fourth-order valence-corrected chi connectivity index (χ4v) is 2.04. The molecule has 0 aliphatic rings. The number of aromatic hydroxyl groups is 1. The Morgan fingerprint density at radius 3 is 2.29 bits per heavy atom. The maximum Gasteiger partial charge on any atom is 0.115 e. The lowest BCUT2D eigenvalue weighted by molar-refractivity contribution is -0.0565. The first-order valence-electron chi connectivity index (χ1n) is 7.47. The number of phenols is 1. The Kier molecular flexibility index (Phi) is 6.65. The fraction of sp³-hybridized carbons (Fsp3) is 0.647. The molecule has 1 aromatic rings. The number of likely N-dealkylation sites (N-methyl/N-ethyl adjacent to an activating group) is 1. The summed E-state index contributed by atoms with van der Waals surface area (Å²) in [6, 6.07) is 7.57. The second-order valence-corrected chi connectivity index (χ2v) is 6.74. The molecule has 0 radical (unpaired) electrons. The van der Waals surface area contributed by atoms with Gasteiger partial charge in [0.25, 0.3) is 0 Å². The van der Waals surface area contributed by atoms with Crippen LogP contribution in [0.25, 0.3) is 0 Å². The van der Waals surface area contributed by atoms with E-state index in [0.717, 1.165) is 6.42 Å². The van der Waals surface area contributed by atoms with Gasteiger partial charge in [-0.2, -0.15) is 0 Å². The van der Waals surface area contributed by atoms with Gasteiger partial charge in [0.05, 0.1) is 18.3 Å². The van der Waals surface area contributed by atoms with Crippen molar-refractivity contribution >= 4 is 0 Å². The van der Waals surface area contributed by atoms with E-state index >= 15 is 0 Å². The molecule has 0 aliphatic carbocycles. The molecular formula is C17H29NO3. The van der Waals surface area contributed by atoms with E-state index in [-0.39, 0.29) is 11.4 Å². The van der Waals surface area contributed by atoms with E-state index in [4.69, 9.17) is 4.74 Å². The minimum absolute atomic E-state index is 0.225. The molecule has 120 valence electrons. The number of nitrogens with zero attached hydrogens (tertiary/aromatic N) is 1. The Hall–Kier alpha value is -1.10. The van der Waals surface area contributed by atoms with Crippen LogP contribution >= 0.6 is 0 Å². The molecule has 0 heterocycles. The van der Waals surface area contributed by atoms with Crippen LogP contribution in [0.3, 0.4) is 0 Å². The number of ether oxygens (including phenoxy) is 1. The molecular weight excluding hydrogens is 266 g/mol. The molecule has 0 fully saturated rings. The van der Waals surface area contributed by atoms with Gasteiger partial charge in [-0.25, -0.2) is 0 Å². The largest absolute Gasteiger partial charge is 0.508 e. The highest BCUT2D eigenvalue weighted by Crippen LogP contribution is 2.13. The van der Waals surface area contributed by atoms with Gasteiger partial charge in [-0.3, -0.25) is 0 Å². The summed E-state index contributed by atoms with van der Waals surface area (Å²) in [7, 11) is 2.01. The molecule has 0 saturated carbocycles. The number of phenolic OH excluding ortho intramolecular Hbond substituents is 1. The van der Waals surface area contributed by atoms with Crippen molar-refractivity contribution in [1.29, 1.82) is 0 Å². The van der Waals surface area contributed by atoms with Crippen LogP contribution in [0.1, 0.15) is 33.3 Å². The molecule has 1 aromatic carbocycles. The lowest BCUT2D eigenvalue weighted by atomic mass is 10.1. The third-order valence-electron chi connectivity index (χ3n) is 3.43. The van der Waals surface area contributed by atoms with Gasteiger partial charge in [-0.05, 0) is 58.9 Å². The number of rotatable bonds is 7. The summed E-state index contributed by atoms with van der Waals surface area (Å²) in [6.45, 7) is 9.00. The molecule has 4 nitrogen and oxygen atoms in total. The van der Waals surface area contributed by atoms with Crippen LogP contribution in [0.2, 0.25) is 0 Å². The van der Waals surface area contributed by atoms with Gasteiger partial charge in [0.1, 0.15) is 5.75 Å². The lowest BCUT2D eigenvalue weighted by Crippen LogP contribution is -2.40. The van der Waals surface area contributed by atoms with Crippen LogP contribution in [-0.2, 0) is 11.2 Å². The number of hydrogen-bond donors (Lipinski definition) is 2. The normalized spacial score (nSPS) is 15.2. The van der Waals surface area contributed by atoms with Crippen LogP contribution in [-0.4, -0.2) is 53.1 Å². The molecule has 0 amide bonds. The lowest BCUT2D eigenvalue weighted by Gasteiger charge is -2.28. The summed E-state index contributed by atoms with van der Waals surface area (Å²) in [5.41, 5.74) is 0.949. The molecule has 4 heteroatoms. The average molecular weight is 295 g/mol. The summed E-state index contributed by atoms with van der Waals surface area (Å²) >= 11 is 0. The zero-order chi connectivity index (χ0) is 16.0. The maximum atomic E-state index is 10.0. The highest BCUT2D eigenvalue weighted by molar-refractivity contribution is 5.26. The summed E-state index contributed by atoms with van der Waals surface area (Å²) in [5.74, 6) is 0.287. The van der Waals surface area contributed by atoms with Gasteiger partial charge in [-0.15, -0.1) is 0 Å². The minimum atomic E-state index is -0.489. The van der Waals surface area contributed by atoms with Gasteiger partial charge in [-0.1, -0.05) is 12.1 Å². The molecule has 0 bridgehead atoms. The van der Waals surface area contributed by atoms with Crippen molar-refractivity contribution < 1.29 is 14.9 Å². The Bertz CT molecular complexity index is 411. The molecule has 2 N–H and O–H groups in total. The Morgan fingerprint density at radius 2 is 1.76 bits per heavy atom. The van der Waals surface area contributed by atoms with E-state index in [1.807, 2.05) is 40.0 Å². The first kappa shape index (κ1) is 18.0. The van der Waals surface area contributed by atoms with E-state index in [0.29, 0.717) is 19.2 Å². The quantitative estimate of drug-likeness (QED) is 0.811. The van der Waals surface area contributed by atoms with Crippen molar-refractivity contribution in [2.45, 2.75) is 51.9 Å². The highest BCUT2D eigenvalue weighted by Gasteiger charge is 2.17. The van der Waals surface area contributed by atoms with Crippen molar-refractivity contribution in [1.82, 2.24) is 4.90 Å². The minimum Gasteiger partial charge on any atom is -0.508 e. The second-order valence-electron chi connectivity index (χ2n) is 6.74. The van der Waals surface area contributed by atoms with Crippen LogP contribution in [0, 0.1) is 0 Å². The van der Waals surface area contributed by atoms with Crippen molar-refractivity contribution in [3.8, 4) is 5.75 Å². The van der Waals surface area contributed by atoms with Gasteiger partial charge in [0.2, 0.25) is 0 Å². The molecule has 2 unspecified atom stereocenters. The van der Waals surface area contributed by atoms with Gasteiger partial charge in [0.15, 0.2) is 0 Å². The molecule has 21 heavy (non-hydrogen) atoms. The molecule has 1 rings (SSSR count). The predicted molar refractivity (Wildman–Crippen MR) is 85.6 cm³/mol. The van der Waals surface area contributed by atoms with Gasteiger partial charge < -0.3 is 19.8 Å². The van der Waals surface area contributed by atoms with Crippen LogP contribution in [0.5, 0.6) is 5.75 Å². The standard InChI is InChI=1S/C17H29NO3/c1-13(10-14-6-8-15(19)9-7-14)18(5)11-16(20)12-21-17(2,3)4/h6-9,13,16,19-20H,10-12H2,1-5H3. The topological polar surface area (TPSA) is 52.9 Å². The third kappa shape index (κ3) is 7.46. The first-order chi connectivity index (χ1) is 9.67. The predicted octanol–water partition coefficient (Wildman–Crippen LogP) is 2.43. The third-order valence-corrected chi connectivity index (χ3v) is 3.43. The number of aliphatic hydroxyl groups is 1. The molecule has 2 atom stereocenters. The van der Waals surface area contributed by atoms with Crippen molar-refractivity contribution in [2.75, 3.05) is 20.2 Å². The zero-order valence-corrected chi connectivity index (χ0v) is 13.8. The number of aliphatic hydroxyl groups excluding tert-OH is 1. The summed E-state index contributed by atoms with van der Waals surface area (Å²) in [6.07, 6.45) is 0.389. The number of hydrogen-bond acceptors (Lipinski definition) is 4. The van der Waals surface area contributed by atoms with Crippen LogP contribution < -0.4 is 0 Å². The van der Waals surface area contributed by atoms with Gasteiger partial charge >= 0.3 is 0 Å². The van der Waals surface area contributed by atoms with Crippen LogP contribution in [0.15, 0.2) is 24.3 Å². The fourth-order valence-electron chi connectivity index (χ4n) is 2.04. The van der Waals surface area contributed by atoms with Crippen molar-refractivity contribution in [3.63, 3.8) is 0 Å². The smallest absolute Gasteiger partial charge is 0.115 e. The highest BCUT2D eigenvalue weighted by atomic mass is 16.5. The maximum absolute atomic E-state index is 10.0. The van der Waals surface area contributed by atoms with Crippen molar-refractivity contribution in [2.24, 2.45) is 0 Å². The molecule has 0 aromatic heterocycles. The summed E-state index contributed by atoms with van der Waals surface area (Å²) < 4.78 is 5.60. The van der Waals surface area contributed by atoms with E-state index in [1.165, 1.54) is 5.56 Å². The monoisotopic (exact) mass is 295 g/mol. The van der Waals surface area contributed by atoms with E-state index in [1.54, 1.807) is 12.1 Å². The zero-order valence-electron chi connectivity index (χ0n) is 13.8. The van der Waals surface area contributed by atoms with Gasteiger partial charge in [0, 0.05) is 12.6 Å². The number of benzene rings is 1. The SMILES string of the molecule is CC(Cc1ccc(O)cc1)N(C)CC(O)COC(C)(C)C. The summed E-state index contributed by atoms with van der Waals surface area (Å²) in [4.78, 5) is 2.13. The first-order valence-corrected chi connectivity index (χ1v) is 7.47. The summed E-state index contributed by atoms with van der Waals surface area (Å²) in [5, 5.41) is 19.3. The van der Waals surface area contributed by atoms with Crippen molar-refractivity contribution in [3.05, 3.63) is 29.8 Å². The average Bonchev–Trinajstić information content (AvgIpc) is 2.38. The molecule has 0 aliphatic heterocycles. The Balaban J connectivity index is 2.39. The Labute approximate surface area is 128 Å². The molecule has 0 saturated heterocycles. The van der Waals surface area contributed by atoms with E-state index in [9.17, 15) is 10.2 Å². The Morgan fingerprint density at radius 1 is 1.19 bits per heavy atom. The van der Waals surface area contributed by atoms with Crippen LogP contribution in [0.4, 0.5) is 0 Å². The second kappa shape index (κ2) is 7.78.